The lowest BCUT2D eigenvalue weighted by atomic mass is 9.76. The first kappa shape index (κ1) is 47.5. The van der Waals surface area contributed by atoms with Gasteiger partial charge in [0.1, 0.15) is 0 Å². The normalized spacial score (nSPS) is 38.2. The number of H-pyrrole nitrogens is 2. The van der Waals surface area contributed by atoms with E-state index in [0.717, 1.165) is 92.2 Å². The SMILES string of the molecule is C1=Cc2cc3ccc(cc4ccc(cc5nc(cc1n2)C=C5)[nH]4)[nH]3.C1CCC2C3NC(NC4NC(NC5NC(NC6NC(N3)C3CCCCC63)C3CCCCC53)C3CCCCC43)C2C1.N.NCCN. The first-order chi connectivity index (χ1) is 33.5. The fourth-order valence-electron chi connectivity index (χ4n) is 14.9. The molecule has 0 aromatic carbocycles. The van der Waals surface area contributed by atoms with Crippen LogP contribution in [0.4, 0.5) is 0 Å². The Morgan fingerprint density at radius 1 is 0.333 bits per heavy atom. The number of nitrogens with one attached hydrogen (secondary N) is 10. The zero-order valence-electron chi connectivity index (χ0n) is 40.6. The monoisotopic (exact) mass is 940 g/mol. The van der Waals surface area contributed by atoms with E-state index in [-0.39, 0.29) is 6.15 Å². The number of fused-ring (bicyclic) bond motifs is 28. The summed E-state index contributed by atoms with van der Waals surface area (Å²) in [5.41, 5.74) is 17.7. The molecule has 0 radical (unpaired) electrons. The lowest BCUT2D eigenvalue weighted by Crippen LogP contribution is -2.61. The van der Waals surface area contributed by atoms with E-state index in [1.807, 2.05) is 42.5 Å². The zero-order valence-corrected chi connectivity index (χ0v) is 40.6. The summed E-state index contributed by atoms with van der Waals surface area (Å²) in [4.78, 5) is 16.0. The van der Waals surface area contributed by atoms with Crippen LogP contribution >= 0.6 is 0 Å². The lowest BCUT2D eigenvalue weighted by Gasteiger charge is -2.35. The summed E-state index contributed by atoms with van der Waals surface area (Å²) in [6.07, 6.45) is 33.6. The maximum atomic E-state index is 4.90. The van der Waals surface area contributed by atoms with Crippen molar-refractivity contribution in [1.29, 1.82) is 0 Å². The van der Waals surface area contributed by atoms with Gasteiger partial charge in [0.05, 0.1) is 72.1 Å². The second-order valence-corrected chi connectivity index (χ2v) is 22.1. The summed E-state index contributed by atoms with van der Waals surface area (Å²) in [6, 6.07) is 16.4. The molecule has 8 atom stereocenters. The Hall–Kier alpha value is -3.84. The summed E-state index contributed by atoms with van der Waals surface area (Å²) in [5, 5.41) is 33.8. The number of aromatic nitrogens is 4. The molecule has 15 nitrogen and oxygen atoms in total. The van der Waals surface area contributed by atoms with Gasteiger partial charge in [-0.25, -0.2) is 9.97 Å². The molecule has 3 aromatic heterocycles. The predicted octanol–water partition coefficient (Wildman–Crippen LogP) is 6.33. The molecule has 4 saturated carbocycles. The molecule has 14 rings (SSSR count). The third-order valence-corrected chi connectivity index (χ3v) is 18.0. The van der Waals surface area contributed by atoms with Gasteiger partial charge in [-0.15, -0.1) is 0 Å². The van der Waals surface area contributed by atoms with Crippen molar-refractivity contribution in [1.82, 2.24) is 68.6 Å². The first-order valence-corrected chi connectivity index (χ1v) is 27.0. The van der Waals surface area contributed by atoms with Crippen LogP contribution in [0.25, 0.3) is 46.4 Å². The van der Waals surface area contributed by atoms with Crippen LogP contribution in [0.2, 0.25) is 0 Å². The molecule has 372 valence electrons. The van der Waals surface area contributed by atoms with Gasteiger partial charge < -0.3 is 27.6 Å². The van der Waals surface area contributed by atoms with Crippen molar-refractivity contribution in [3.63, 3.8) is 0 Å². The van der Waals surface area contributed by atoms with Crippen molar-refractivity contribution < 1.29 is 0 Å². The Morgan fingerprint density at radius 2 is 0.551 bits per heavy atom. The fourth-order valence-corrected chi connectivity index (χ4v) is 14.9. The number of nitrogens with zero attached hydrogens (tertiary/aromatic N) is 2. The number of hydrogen-bond acceptors (Lipinski definition) is 13. The van der Waals surface area contributed by atoms with Crippen LogP contribution in [-0.4, -0.2) is 82.4 Å². The minimum Gasteiger partial charge on any atom is -0.355 e. The van der Waals surface area contributed by atoms with Crippen LogP contribution in [0, 0.1) is 47.3 Å². The van der Waals surface area contributed by atoms with E-state index < -0.39 is 0 Å². The van der Waals surface area contributed by atoms with Crippen molar-refractivity contribution in [3.8, 4) is 0 Å². The Labute approximate surface area is 408 Å². The van der Waals surface area contributed by atoms with Gasteiger partial charge in [0.25, 0.3) is 0 Å². The van der Waals surface area contributed by atoms with E-state index in [0.29, 0.717) is 62.4 Å². The molecule has 11 aliphatic rings. The fraction of sp³-hybridized carbons (Fsp3) is 0.630. The summed E-state index contributed by atoms with van der Waals surface area (Å²) < 4.78 is 0. The Morgan fingerprint density at radius 3 is 0.783 bits per heavy atom. The number of nitrogens with two attached hydrogens (primary N) is 2. The van der Waals surface area contributed by atoms with Gasteiger partial charge in [-0.1, -0.05) is 51.4 Å². The Balaban J connectivity index is 0.000000153. The number of hydrogen-bond donors (Lipinski definition) is 13. The van der Waals surface area contributed by atoms with E-state index in [4.69, 9.17) is 11.5 Å². The third kappa shape index (κ3) is 10.0. The molecule has 3 aromatic rings. The van der Waals surface area contributed by atoms with E-state index in [1.165, 1.54) is 103 Å². The quantitative estimate of drug-likeness (QED) is 0.0881. The molecule has 9 fully saturated rings. The molecular formula is C54H81N15. The Bertz CT molecular complexity index is 2150. The van der Waals surface area contributed by atoms with Crippen LogP contribution in [0.15, 0.2) is 48.5 Å². The molecule has 7 aliphatic heterocycles. The van der Waals surface area contributed by atoms with Gasteiger partial charge in [-0.05, 0) is 172 Å². The van der Waals surface area contributed by atoms with Crippen molar-refractivity contribution in [2.24, 2.45) is 58.8 Å². The highest BCUT2D eigenvalue weighted by atomic mass is 15.4. The van der Waals surface area contributed by atoms with Crippen LogP contribution in [0.3, 0.4) is 0 Å². The van der Waals surface area contributed by atoms with Crippen LogP contribution in [-0.2, 0) is 0 Å². The maximum absolute atomic E-state index is 4.90. The average Bonchev–Trinajstić information content (AvgIpc) is 4.26. The van der Waals surface area contributed by atoms with E-state index in [2.05, 4.69) is 92.8 Å². The Kier molecular flexibility index (Phi) is 14.5. The van der Waals surface area contributed by atoms with Gasteiger partial charge >= 0.3 is 0 Å². The molecule has 8 unspecified atom stereocenters. The van der Waals surface area contributed by atoms with Gasteiger partial charge in [-0.3, -0.25) is 42.5 Å². The topological polar surface area (TPSA) is 241 Å². The smallest absolute Gasteiger partial charge is 0.0659 e. The van der Waals surface area contributed by atoms with Crippen molar-refractivity contribution in [2.75, 3.05) is 13.1 Å². The molecule has 17 N–H and O–H groups in total. The predicted molar refractivity (Wildman–Crippen MR) is 279 cm³/mol. The van der Waals surface area contributed by atoms with Gasteiger partial charge in [0, 0.05) is 35.2 Å². The van der Waals surface area contributed by atoms with Gasteiger partial charge in [0.2, 0.25) is 0 Å². The standard InChI is InChI=1S/C32H56N8.C20H14N4.C2H8N2.H3N/c1-2-10-18-17(9-1)25-33-26(18)38-28-21-13-5-6-14-22(21)30(35-28)40-32-24-16-8-7-15-23(24)31(36-32)39-29-20-12-4-3-11-19(20)27(34-29)37-25;1-2-14-10-16-5-6-18(23-16)12-20-8-7-19(24-20)11-17-4-3-15(22-17)9-13(1)21-14;3-1-2-4;/h17-40H,1-16H2;1-12,21-22H;1-4H2;1H3. The summed E-state index contributed by atoms with van der Waals surface area (Å²) in [5.74, 6) is 5.97. The van der Waals surface area contributed by atoms with E-state index in [1.54, 1.807) is 0 Å². The highest BCUT2D eigenvalue weighted by molar-refractivity contribution is 5.77. The first-order valence-electron chi connectivity index (χ1n) is 27.0. The second-order valence-electron chi connectivity index (χ2n) is 22.1. The molecule has 0 amide bonds. The maximum Gasteiger partial charge on any atom is 0.0659 e. The van der Waals surface area contributed by atoms with Gasteiger partial charge in [-0.2, -0.15) is 0 Å². The zero-order chi connectivity index (χ0) is 45.6. The molecule has 4 aliphatic carbocycles. The summed E-state index contributed by atoms with van der Waals surface area (Å²) >= 11 is 0. The van der Waals surface area contributed by atoms with Gasteiger partial charge in [0.15, 0.2) is 0 Å². The molecule has 16 bridgehead atoms. The molecule has 5 saturated heterocycles. The number of rotatable bonds is 1. The molecular weight excluding hydrogens is 859 g/mol. The van der Waals surface area contributed by atoms with Crippen molar-refractivity contribution >= 4 is 46.4 Å². The van der Waals surface area contributed by atoms with E-state index in [9.17, 15) is 0 Å². The van der Waals surface area contributed by atoms with Crippen LogP contribution in [0.5, 0.6) is 0 Å². The van der Waals surface area contributed by atoms with E-state index >= 15 is 0 Å². The molecule has 15 heteroatoms. The average molecular weight is 940 g/mol. The molecule has 10 heterocycles. The molecule has 69 heavy (non-hydrogen) atoms. The minimum atomic E-state index is 0. The van der Waals surface area contributed by atoms with Crippen molar-refractivity contribution in [3.05, 3.63) is 71.3 Å². The molecule has 0 spiro atoms. The lowest BCUT2D eigenvalue weighted by molar-refractivity contribution is 0.167. The van der Waals surface area contributed by atoms with Crippen LogP contribution in [0.1, 0.15) is 126 Å². The minimum absolute atomic E-state index is 0. The largest absolute Gasteiger partial charge is 0.355 e. The second kappa shape index (κ2) is 21.1. The highest BCUT2D eigenvalue weighted by Crippen LogP contribution is 2.45. The highest BCUT2D eigenvalue weighted by Gasteiger charge is 2.54. The third-order valence-electron chi connectivity index (χ3n) is 18.0. The number of aromatic amines is 2. The summed E-state index contributed by atoms with van der Waals surface area (Å²) in [7, 11) is 0. The van der Waals surface area contributed by atoms with Crippen molar-refractivity contribution in [2.45, 2.75) is 152 Å². The van der Waals surface area contributed by atoms with Crippen LogP contribution < -0.4 is 60.2 Å². The summed E-state index contributed by atoms with van der Waals surface area (Å²) in [6.45, 7) is 1.19.